The molecule has 284 valence electrons. The first-order valence-electron chi connectivity index (χ1n) is 17.8. The van der Waals surface area contributed by atoms with Crippen LogP contribution in [0.2, 0.25) is 0 Å². The Hall–Kier alpha value is -4.77. The van der Waals surface area contributed by atoms with E-state index in [4.69, 9.17) is 27.4 Å². The Balaban J connectivity index is 1.44. The fourth-order valence-electron chi connectivity index (χ4n) is 6.41. The zero-order chi connectivity index (χ0) is 37.6. The quantitative estimate of drug-likeness (QED) is 0.0505. The fraction of sp³-hybridized carbons (Fsp3) is 0.200. The molecule has 2 fully saturated rings. The molecule has 5 N–H and O–H groups in total. The molecule has 14 heteroatoms. The van der Waals surface area contributed by atoms with Crippen molar-refractivity contribution in [2.75, 3.05) is 0 Å². The van der Waals surface area contributed by atoms with Crippen molar-refractivity contribution < 1.29 is 37.6 Å². The Morgan fingerprint density at radius 3 is 2.17 bits per heavy atom. The number of hydrogen-bond acceptors (Lipinski definition) is 11. The molecule has 3 unspecified atom stereocenters. The van der Waals surface area contributed by atoms with Gasteiger partial charge in [0.1, 0.15) is 0 Å². The molecular weight excluding hydrogens is 743 g/mol. The summed E-state index contributed by atoms with van der Waals surface area (Å²) in [6.45, 7) is 5.75. The summed E-state index contributed by atoms with van der Waals surface area (Å²) in [6.07, 6.45) is 13.6. The summed E-state index contributed by atoms with van der Waals surface area (Å²) in [4.78, 5) is 3.73. The van der Waals surface area contributed by atoms with Crippen molar-refractivity contribution in [3.8, 4) is 34.5 Å². The average Bonchev–Trinajstić information content (AvgIpc) is 3.70. The third-order valence-electron chi connectivity index (χ3n) is 8.91. The van der Waals surface area contributed by atoms with Crippen LogP contribution in [0.25, 0.3) is 0 Å². The second kappa shape index (κ2) is 16.3. The van der Waals surface area contributed by atoms with Gasteiger partial charge < -0.3 is 0 Å². The molecule has 0 spiro atoms. The van der Waals surface area contributed by atoms with Crippen LogP contribution in [0, 0.1) is 12.1 Å². The van der Waals surface area contributed by atoms with Crippen molar-refractivity contribution >= 4 is 23.5 Å². The molecule has 0 aromatic heterocycles. The topological polar surface area (TPSA) is 132 Å². The van der Waals surface area contributed by atoms with Crippen molar-refractivity contribution in [1.29, 1.82) is 0 Å². The van der Waals surface area contributed by atoms with Gasteiger partial charge in [-0.2, -0.15) is 0 Å². The summed E-state index contributed by atoms with van der Waals surface area (Å²) in [5, 5.41) is 28.9. The van der Waals surface area contributed by atoms with Gasteiger partial charge in [0, 0.05) is 0 Å². The first-order chi connectivity index (χ1) is 26.2. The molecule has 0 radical (unpaired) electrons. The summed E-state index contributed by atoms with van der Waals surface area (Å²) in [7, 11) is -11.4. The van der Waals surface area contributed by atoms with Gasteiger partial charge in [0.2, 0.25) is 0 Å². The number of hydrogen-bond donors (Lipinski definition) is 5. The van der Waals surface area contributed by atoms with Crippen molar-refractivity contribution in [2.24, 2.45) is 0 Å². The van der Waals surface area contributed by atoms with Gasteiger partial charge in [-0.05, 0) is 0 Å². The van der Waals surface area contributed by atoms with E-state index in [2.05, 4.69) is 39.3 Å². The molecule has 3 atom stereocenters. The van der Waals surface area contributed by atoms with Crippen LogP contribution in [-0.4, -0.2) is 27.6 Å². The van der Waals surface area contributed by atoms with Crippen LogP contribution >= 0.6 is 23.5 Å². The van der Waals surface area contributed by atoms with Crippen LogP contribution in [0.4, 0.5) is 0 Å². The molecule has 0 amide bonds. The number of phenolic OH excluding ortho intramolecular Hbond substituents is 2. The molecule has 4 aromatic carbocycles. The molecular formula is C40H46N3O8P3. The summed E-state index contributed by atoms with van der Waals surface area (Å²) >= 11 is 0. The maximum atomic E-state index is 10.6. The number of para-hydroxylation sites is 2. The molecule has 0 bridgehead atoms. The molecule has 11 nitrogen and oxygen atoms in total. The Morgan fingerprint density at radius 1 is 0.815 bits per heavy atom. The van der Waals surface area contributed by atoms with E-state index >= 15 is 0 Å². The number of phenols is 2. The standard InChI is InChI=1S/C40H46N3O8P3/c1-4-5-18-30(2)47-54(51-37-25-16-9-17-26-37)42-39-40(46-34-19-10-6-11-20-34)52(39,48-35-21-12-7-13-22-35)41-31(3)53(43-54,49-36-23-14-8-15-24-36)50-38-28-32(44)27-33(45)29-38/h4-5,7-8,10,12-16,18-29,31,39-45,52-54H,6,11H2,1-3H3/b5-4-,30-18+. The fourth-order valence-corrected chi connectivity index (χ4v) is 19.7. The molecule has 7 rings (SSSR count). The van der Waals surface area contributed by atoms with Gasteiger partial charge in [-0.15, -0.1) is 0 Å². The number of nitrogens with one attached hydrogen (secondary N) is 3. The summed E-state index contributed by atoms with van der Waals surface area (Å²) in [5.74, 6) is 1.29. The van der Waals surface area contributed by atoms with E-state index in [-0.39, 0.29) is 17.2 Å². The number of fused-ring (bicyclic) bond motifs is 1. The number of ether oxygens (including phenoxy) is 1. The van der Waals surface area contributed by atoms with E-state index < -0.39 is 40.9 Å². The van der Waals surface area contributed by atoms with Gasteiger partial charge >= 0.3 is 319 Å². The Morgan fingerprint density at radius 2 is 1.52 bits per heavy atom. The first-order valence-corrected chi connectivity index (χ1v) is 23.6. The molecule has 2 heterocycles. The predicted molar refractivity (Wildman–Crippen MR) is 218 cm³/mol. The number of allylic oxidation sites excluding steroid dienone is 7. The maximum absolute atomic E-state index is 10.6. The van der Waals surface area contributed by atoms with Gasteiger partial charge in [-0.3, -0.25) is 0 Å². The minimum absolute atomic E-state index is 0.167. The molecule has 54 heavy (non-hydrogen) atoms. The first kappa shape index (κ1) is 37.5. The summed E-state index contributed by atoms with van der Waals surface area (Å²) < 4.78 is 41.9. The SMILES string of the molecule is C/C=C\C=C(/C)O[PH]1(Oc2cc#ccc2)NC2C(OC3=CCCC=C3)[PH]2(Oc2ccccc2)NC(C)[PH](Oc2ccccc2)(Oc2cc(O)cc(O)c2)N1. The summed E-state index contributed by atoms with van der Waals surface area (Å²) in [6, 6.07) is 34.2. The van der Waals surface area contributed by atoms with E-state index in [1.165, 1.54) is 18.2 Å². The van der Waals surface area contributed by atoms with Gasteiger partial charge in [0.15, 0.2) is 0 Å². The van der Waals surface area contributed by atoms with Gasteiger partial charge in [0.25, 0.3) is 0 Å². The van der Waals surface area contributed by atoms with Crippen molar-refractivity contribution in [2.45, 2.75) is 51.0 Å². The number of benzene rings is 3. The van der Waals surface area contributed by atoms with Gasteiger partial charge in [-0.1, -0.05) is 0 Å². The van der Waals surface area contributed by atoms with Crippen molar-refractivity contribution in [3.05, 3.63) is 157 Å². The summed E-state index contributed by atoms with van der Waals surface area (Å²) in [5.41, 5.74) is 0. The third kappa shape index (κ3) is 8.62. The second-order valence-corrected chi connectivity index (χ2v) is 21.9. The Labute approximate surface area is 317 Å². The molecule has 1 aliphatic carbocycles. The molecule has 2 saturated heterocycles. The van der Waals surface area contributed by atoms with E-state index in [1.54, 1.807) is 18.2 Å². The van der Waals surface area contributed by atoms with Crippen LogP contribution in [0.15, 0.2) is 145 Å². The number of rotatable bonds is 13. The van der Waals surface area contributed by atoms with Crippen LogP contribution in [-0.2, 0) is 9.26 Å². The molecule has 0 saturated carbocycles. The zero-order valence-electron chi connectivity index (χ0n) is 30.2. The monoisotopic (exact) mass is 789 g/mol. The second-order valence-electron chi connectivity index (χ2n) is 13.1. The van der Waals surface area contributed by atoms with Crippen LogP contribution in [0.5, 0.6) is 34.5 Å². The Bertz CT molecular complexity index is 2000. The predicted octanol–water partition coefficient (Wildman–Crippen LogP) is 9.34. The number of aromatic hydroxyl groups is 2. The van der Waals surface area contributed by atoms with E-state index in [0.717, 1.165) is 18.6 Å². The molecule has 2 aliphatic heterocycles. The van der Waals surface area contributed by atoms with E-state index in [9.17, 15) is 10.2 Å². The zero-order valence-corrected chi connectivity index (χ0v) is 33.2. The van der Waals surface area contributed by atoms with Gasteiger partial charge in [-0.25, -0.2) is 0 Å². The van der Waals surface area contributed by atoms with E-state index in [1.807, 2.05) is 106 Å². The molecule has 4 aromatic rings. The molecule has 3 aliphatic rings. The normalized spacial score (nSPS) is 24.1. The minimum atomic E-state index is -4.08. The van der Waals surface area contributed by atoms with Crippen molar-refractivity contribution in [3.63, 3.8) is 0 Å². The van der Waals surface area contributed by atoms with Crippen LogP contribution in [0.3, 0.4) is 0 Å². The average molecular weight is 790 g/mol. The third-order valence-corrected chi connectivity index (χ3v) is 20.1. The van der Waals surface area contributed by atoms with Crippen LogP contribution < -0.4 is 33.1 Å². The van der Waals surface area contributed by atoms with E-state index in [0.29, 0.717) is 23.0 Å². The Kier molecular flexibility index (Phi) is 11.3. The van der Waals surface area contributed by atoms with Gasteiger partial charge in [0.05, 0.1) is 0 Å². The van der Waals surface area contributed by atoms with Crippen LogP contribution in [0.1, 0.15) is 33.6 Å². The van der Waals surface area contributed by atoms with Crippen molar-refractivity contribution in [1.82, 2.24) is 15.0 Å².